The Morgan fingerprint density at radius 2 is 1.59 bits per heavy atom. The van der Waals surface area contributed by atoms with E-state index in [9.17, 15) is 4.79 Å². The van der Waals surface area contributed by atoms with Crippen molar-refractivity contribution in [3.8, 4) is 5.75 Å². The number of piperidine rings is 1. The van der Waals surface area contributed by atoms with E-state index in [1.165, 1.54) is 11.1 Å². The van der Waals surface area contributed by atoms with E-state index >= 15 is 0 Å². The summed E-state index contributed by atoms with van der Waals surface area (Å²) in [5.41, 5.74) is 3.56. The summed E-state index contributed by atoms with van der Waals surface area (Å²) >= 11 is 0. The van der Waals surface area contributed by atoms with Crippen LogP contribution in [0.3, 0.4) is 0 Å². The number of amides is 1. The lowest BCUT2D eigenvalue weighted by Crippen LogP contribution is -2.40. The van der Waals surface area contributed by atoms with Crippen molar-refractivity contribution in [3.05, 3.63) is 102 Å². The van der Waals surface area contributed by atoms with Crippen LogP contribution in [0.25, 0.3) is 0 Å². The summed E-state index contributed by atoms with van der Waals surface area (Å²) in [6, 6.07) is 28.8. The largest absolute Gasteiger partial charge is 0.489 e. The molecule has 0 aromatic heterocycles. The first-order valence-electron chi connectivity index (χ1n) is 11.5. The molecule has 1 atom stereocenters. The van der Waals surface area contributed by atoms with Crippen LogP contribution in [-0.2, 0) is 17.9 Å². The van der Waals surface area contributed by atoms with Gasteiger partial charge in [0.1, 0.15) is 12.4 Å². The van der Waals surface area contributed by atoms with Crippen molar-refractivity contribution in [2.24, 2.45) is 5.92 Å². The molecule has 1 N–H and O–H groups in total. The summed E-state index contributed by atoms with van der Waals surface area (Å²) in [6.07, 6.45) is 1.80. The predicted octanol–water partition coefficient (Wildman–Crippen LogP) is 5.36. The monoisotopic (exact) mass is 428 g/mol. The van der Waals surface area contributed by atoms with Crippen LogP contribution in [-0.4, -0.2) is 23.9 Å². The maximum atomic E-state index is 12.7. The minimum absolute atomic E-state index is 0.0420. The Balaban J connectivity index is 1.24. The second-order valence-electron chi connectivity index (χ2n) is 8.61. The molecule has 166 valence electrons. The van der Waals surface area contributed by atoms with Crippen LogP contribution in [0, 0.1) is 5.92 Å². The molecule has 0 saturated carbocycles. The van der Waals surface area contributed by atoms with Crippen molar-refractivity contribution in [2.45, 2.75) is 39.0 Å². The lowest BCUT2D eigenvalue weighted by molar-refractivity contribution is -0.127. The van der Waals surface area contributed by atoms with Gasteiger partial charge in [-0.25, -0.2) is 0 Å². The Hall–Kier alpha value is -3.11. The van der Waals surface area contributed by atoms with Gasteiger partial charge in [-0.1, -0.05) is 72.8 Å². The van der Waals surface area contributed by atoms with Crippen LogP contribution in [0.2, 0.25) is 0 Å². The molecule has 0 radical (unpaired) electrons. The molecule has 32 heavy (non-hydrogen) atoms. The molecule has 4 rings (SSSR count). The molecule has 0 spiro atoms. The van der Waals surface area contributed by atoms with Gasteiger partial charge >= 0.3 is 0 Å². The normalized spacial score (nSPS) is 15.8. The summed E-state index contributed by atoms with van der Waals surface area (Å²) < 4.78 is 5.97. The van der Waals surface area contributed by atoms with Crippen molar-refractivity contribution in [2.75, 3.05) is 13.1 Å². The summed E-state index contributed by atoms with van der Waals surface area (Å²) in [5, 5.41) is 3.19. The number of benzene rings is 3. The molecule has 1 fully saturated rings. The molecule has 3 aromatic carbocycles. The summed E-state index contributed by atoms with van der Waals surface area (Å²) in [5.74, 6) is 1.17. The maximum Gasteiger partial charge on any atom is 0.223 e. The van der Waals surface area contributed by atoms with E-state index < -0.39 is 0 Å². The lowest BCUT2D eigenvalue weighted by atomic mass is 9.95. The van der Waals surface area contributed by atoms with Crippen LogP contribution in [0.5, 0.6) is 5.75 Å². The average Bonchev–Trinajstić information content (AvgIpc) is 2.84. The fourth-order valence-corrected chi connectivity index (χ4v) is 4.24. The Kier molecular flexibility index (Phi) is 7.57. The first kappa shape index (κ1) is 22.1. The van der Waals surface area contributed by atoms with E-state index in [-0.39, 0.29) is 17.9 Å². The Bertz CT molecular complexity index is 983. The highest BCUT2D eigenvalue weighted by Gasteiger charge is 2.26. The zero-order chi connectivity index (χ0) is 22.2. The Morgan fingerprint density at radius 3 is 2.31 bits per heavy atom. The maximum absolute atomic E-state index is 12.7. The molecule has 1 aliphatic rings. The SMILES string of the molecule is C[C@H](NC(=O)C1CCN(Cc2cccc(OCc3ccccc3)c2)CC1)c1ccccc1. The number of ether oxygens (including phenoxy) is 1. The van der Waals surface area contributed by atoms with E-state index in [2.05, 4.69) is 59.6 Å². The van der Waals surface area contributed by atoms with Crippen molar-refractivity contribution in [1.82, 2.24) is 10.2 Å². The number of hydrogen-bond donors (Lipinski definition) is 1. The smallest absolute Gasteiger partial charge is 0.223 e. The third-order valence-electron chi connectivity index (χ3n) is 6.17. The van der Waals surface area contributed by atoms with E-state index in [0.717, 1.165) is 43.8 Å². The first-order valence-corrected chi connectivity index (χ1v) is 11.5. The molecule has 1 saturated heterocycles. The van der Waals surface area contributed by atoms with Crippen LogP contribution in [0.4, 0.5) is 0 Å². The number of carbonyl (C=O) groups is 1. The summed E-state index contributed by atoms with van der Waals surface area (Å²) in [7, 11) is 0. The van der Waals surface area contributed by atoms with Gasteiger partial charge in [-0.2, -0.15) is 0 Å². The Morgan fingerprint density at radius 1 is 0.938 bits per heavy atom. The molecule has 3 aromatic rings. The van der Waals surface area contributed by atoms with E-state index in [1.807, 2.05) is 42.5 Å². The molecule has 1 heterocycles. The summed E-state index contributed by atoms with van der Waals surface area (Å²) in [6.45, 7) is 5.39. The van der Waals surface area contributed by atoms with E-state index in [0.29, 0.717) is 6.61 Å². The zero-order valence-corrected chi connectivity index (χ0v) is 18.7. The molecule has 0 bridgehead atoms. The van der Waals surface area contributed by atoms with Crippen LogP contribution in [0.1, 0.15) is 42.5 Å². The molecule has 0 unspecified atom stereocenters. The van der Waals surface area contributed by atoms with E-state index in [1.54, 1.807) is 0 Å². The minimum atomic E-state index is 0.0420. The van der Waals surface area contributed by atoms with Gasteiger partial charge < -0.3 is 10.1 Å². The number of hydrogen-bond acceptors (Lipinski definition) is 3. The molecule has 4 heteroatoms. The minimum Gasteiger partial charge on any atom is -0.489 e. The molecule has 0 aliphatic carbocycles. The van der Waals surface area contributed by atoms with Gasteiger partial charge in [0, 0.05) is 12.5 Å². The third-order valence-corrected chi connectivity index (χ3v) is 6.17. The van der Waals surface area contributed by atoms with Gasteiger partial charge in [-0.15, -0.1) is 0 Å². The predicted molar refractivity (Wildman–Crippen MR) is 128 cm³/mol. The fraction of sp³-hybridized carbons (Fsp3) is 0.321. The van der Waals surface area contributed by atoms with Crippen molar-refractivity contribution in [3.63, 3.8) is 0 Å². The van der Waals surface area contributed by atoms with Crippen molar-refractivity contribution >= 4 is 5.91 Å². The van der Waals surface area contributed by atoms with E-state index in [4.69, 9.17) is 4.74 Å². The number of nitrogens with one attached hydrogen (secondary N) is 1. The van der Waals surface area contributed by atoms with Crippen molar-refractivity contribution in [1.29, 1.82) is 0 Å². The lowest BCUT2D eigenvalue weighted by Gasteiger charge is -2.32. The highest BCUT2D eigenvalue weighted by molar-refractivity contribution is 5.79. The van der Waals surface area contributed by atoms with Gasteiger partial charge in [-0.05, 0) is 61.7 Å². The topological polar surface area (TPSA) is 41.6 Å². The van der Waals surface area contributed by atoms with Crippen molar-refractivity contribution < 1.29 is 9.53 Å². The number of likely N-dealkylation sites (tertiary alicyclic amines) is 1. The number of carbonyl (C=O) groups excluding carboxylic acids is 1. The highest BCUT2D eigenvalue weighted by atomic mass is 16.5. The molecule has 4 nitrogen and oxygen atoms in total. The molecular weight excluding hydrogens is 396 g/mol. The zero-order valence-electron chi connectivity index (χ0n) is 18.7. The highest BCUT2D eigenvalue weighted by Crippen LogP contribution is 2.22. The quantitative estimate of drug-likeness (QED) is 0.525. The Labute approximate surface area is 191 Å². The standard InChI is InChI=1S/C28H32N2O2/c1-22(25-12-6-3-7-13-25)29-28(31)26-15-17-30(18-16-26)20-24-11-8-14-27(19-24)32-21-23-9-4-2-5-10-23/h2-14,19,22,26H,15-18,20-21H2,1H3,(H,29,31)/t22-/m0/s1. The van der Waals surface area contributed by atoms with Gasteiger partial charge in [0.15, 0.2) is 0 Å². The fourth-order valence-electron chi connectivity index (χ4n) is 4.24. The van der Waals surface area contributed by atoms with Crippen LogP contribution in [0.15, 0.2) is 84.9 Å². The summed E-state index contributed by atoms with van der Waals surface area (Å²) in [4.78, 5) is 15.2. The average molecular weight is 429 g/mol. The van der Waals surface area contributed by atoms with Gasteiger partial charge in [0.2, 0.25) is 5.91 Å². The van der Waals surface area contributed by atoms with Crippen LogP contribution >= 0.6 is 0 Å². The second kappa shape index (κ2) is 11.0. The van der Waals surface area contributed by atoms with Gasteiger partial charge in [0.05, 0.1) is 6.04 Å². The van der Waals surface area contributed by atoms with Gasteiger partial charge in [-0.3, -0.25) is 9.69 Å². The third kappa shape index (κ3) is 6.21. The number of rotatable bonds is 8. The van der Waals surface area contributed by atoms with Crippen LogP contribution < -0.4 is 10.1 Å². The molecule has 1 amide bonds. The number of nitrogens with zero attached hydrogens (tertiary/aromatic N) is 1. The molecular formula is C28H32N2O2. The first-order chi connectivity index (χ1) is 15.7. The second-order valence-corrected chi connectivity index (χ2v) is 8.61. The molecule has 1 aliphatic heterocycles. The van der Waals surface area contributed by atoms with Gasteiger partial charge in [0.25, 0.3) is 0 Å².